The number of hydrogen-bond acceptors (Lipinski definition) is 6. The highest BCUT2D eigenvalue weighted by Crippen LogP contribution is 2.30. The SMILES string of the molecule is COc1ccc(F)c(SNc2ccc(-c3cc4[nH]nc(N)c4c(C)n3)cc2)c1. The fourth-order valence-electron chi connectivity index (χ4n) is 2.92. The number of rotatable bonds is 5. The molecule has 0 atom stereocenters. The number of nitrogen functional groups attached to an aromatic ring is 1. The van der Waals surface area contributed by atoms with Crippen LogP contribution in [0.5, 0.6) is 5.75 Å². The van der Waals surface area contributed by atoms with E-state index in [4.69, 9.17) is 10.5 Å². The van der Waals surface area contributed by atoms with Gasteiger partial charge in [0.05, 0.1) is 34.3 Å². The van der Waals surface area contributed by atoms with Gasteiger partial charge in [-0.15, -0.1) is 0 Å². The molecule has 142 valence electrons. The van der Waals surface area contributed by atoms with E-state index in [0.29, 0.717) is 16.5 Å². The van der Waals surface area contributed by atoms with Crippen molar-refractivity contribution in [2.45, 2.75) is 11.8 Å². The smallest absolute Gasteiger partial charge is 0.154 e. The van der Waals surface area contributed by atoms with E-state index in [2.05, 4.69) is 19.9 Å². The number of benzene rings is 2. The molecule has 4 aromatic rings. The van der Waals surface area contributed by atoms with Gasteiger partial charge in [0.2, 0.25) is 0 Å². The van der Waals surface area contributed by atoms with Gasteiger partial charge in [-0.2, -0.15) is 5.10 Å². The number of aromatic amines is 1. The van der Waals surface area contributed by atoms with Crippen LogP contribution in [0.15, 0.2) is 53.4 Å². The second-order valence-corrected chi connectivity index (χ2v) is 7.05. The Morgan fingerprint density at radius 2 is 1.93 bits per heavy atom. The molecule has 0 aliphatic rings. The monoisotopic (exact) mass is 395 g/mol. The van der Waals surface area contributed by atoms with Gasteiger partial charge in [-0.05, 0) is 55.3 Å². The molecule has 4 rings (SSSR count). The van der Waals surface area contributed by atoms with Crippen LogP contribution in [-0.2, 0) is 0 Å². The molecule has 0 radical (unpaired) electrons. The number of nitrogens with zero attached hydrogens (tertiary/aromatic N) is 2. The molecule has 0 aliphatic carbocycles. The molecule has 6 nitrogen and oxygen atoms in total. The van der Waals surface area contributed by atoms with Crippen LogP contribution in [0.4, 0.5) is 15.9 Å². The van der Waals surface area contributed by atoms with E-state index in [0.717, 1.165) is 33.5 Å². The quantitative estimate of drug-likeness (QED) is 0.421. The van der Waals surface area contributed by atoms with E-state index in [1.165, 1.54) is 18.0 Å². The van der Waals surface area contributed by atoms with Crippen molar-refractivity contribution in [3.8, 4) is 17.0 Å². The second-order valence-electron chi connectivity index (χ2n) is 6.20. The molecule has 0 unspecified atom stereocenters. The predicted molar refractivity (Wildman–Crippen MR) is 111 cm³/mol. The van der Waals surface area contributed by atoms with E-state index < -0.39 is 0 Å². The van der Waals surface area contributed by atoms with Gasteiger partial charge in [-0.3, -0.25) is 10.1 Å². The molecule has 8 heteroatoms. The van der Waals surface area contributed by atoms with E-state index >= 15 is 0 Å². The number of hydrogen-bond donors (Lipinski definition) is 3. The lowest BCUT2D eigenvalue weighted by molar-refractivity contribution is 0.411. The summed E-state index contributed by atoms with van der Waals surface area (Å²) in [6.45, 7) is 1.91. The first-order valence-corrected chi connectivity index (χ1v) is 9.35. The van der Waals surface area contributed by atoms with Gasteiger partial charge in [0, 0.05) is 11.3 Å². The van der Waals surface area contributed by atoms with Crippen LogP contribution in [-0.4, -0.2) is 22.3 Å². The van der Waals surface area contributed by atoms with Crippen LogP contribution in [0.3, 0.4) is 0 Å². The van der Waals surface area contributed by atoms with Crippen molar-refractivity contribution < 1.29 is 9.13 Å². The molecule has 0 saturated carbocycles. The van der Waals surface area contributed by atoms with Crippen LogP contribution in [0, 0.1) is 12.7 Å². The summed E-state index contributed by atoms with van der Waals surface area (Å²) >= 11 is 1.19. The second kappa shape index (κ2) is 7.40. The Hall–Kier alpha value is -3.26. The lowest BCUT2D eigenvalue weighted by Gasteiger charge is -2.09. The minimum Gasteiger partial charge on any atom is -0.497 e. The van der Waals surface area contributed by atoms with Crippen molar-refractivity contribution in [3.63, 3.8) is 0 Å². The Bertz CT molecular complexity index is 1140. The van der Waals surface area contributed by atoms with Gasteiger partial charge in [-0.1, -0.05) is 12.1 Å². The number of aromatic nitrogens is 3. The Morgan fingerprint density at radius 1 is 1.14 bits per heavy atom. The topological polar surface area (TPSA) is 88.8 Å². The molecule has 0 aliphatic heterocycles. The molecular weight excluding hydrogens is 377 g/mol. The highest BCUT2D eigenvalue weighted by atomic mass is 32.2. The van der Waals surface area contributed by atoms with Crippen molar-refractivity contribution in [2.24, 2.45) is 0 Å². The Morgan fingerprint density at radius 3 is 2.68 bits per heavy atom. The molecule has 2 heterocycles. The van der Waals surface area contributed by atoms with E-state index in [1.807, 2.05) is 37.3 Å². The first-order valence-electron chi connectivity index (χ1n) is 8.53. The van der Waals surface area contributed by atoms with Gasteiger partial charge < -0.3 is 15.2 Å². The van der Waals surface area contributed by atoms with Crippen molar-refractivity contribution in [1.82, 2.24) is 15.2 Å². The third-order valence-electron chi connectivity index (χ3n) is 4.35. The Balaban J connectivity index is 1.53. The van der Waals surface area contributed by atoms with Crippen LogP contribution >= 0.6 is 11.9 Å². The van der Waals surface area contributed by atoms with Crippen molar-refractivity contribution >= 4 is 34.4 Å². The van der Waals surface area contributed by atoms with E-state index in [1.54, 1.807) is 19.2 Å². The zero-order valence-corrected chi connectivity index (χ0v) is 16.1. The van der Waals surface area contributed by atoms with Crippen molar-refractivity contribution in [3.05, 3.63) is 60.0 Å². The zero-order chi connectivity index (χ0) is 19.7. The highest BCUT2D eigenvalue weighted by Gasteiger charge is 2.10. The Labute approximate surface area is 165 Å². The predicted octanol–water partition coefficient (Wildman–Crippen LogP) is 4.78. The summed E-state index contributed by atoms with van der Waals surface area (Å²) in [7, 11) is 1.55. The number of pyridine rings is 1. The molecule has 0 saturated heterocycles. The maximum atomic E-state index is 13.9. The first-order chi connectivity index (χ1) is 13.5. The van der Waals surface area contributed by atoms with Gasteiger partial charge >= 0.3 is 0 Å². The summed E-state index contributed by atoms with van der Waals surface area (Å²) in [6.07, 6.45) is 0. The fraction of sp³-hybridized carbons (Fsp3) is 0.100. The highest BCUT2D eigenvalue weighted by molar-refractivity contribution is 8.00. The fourth-order valence-corrected chi connectivity index (χ4v) is 3.62. The van der Waals surface area contributed by atoms with Gasteiger partial charge in [0.15, 0.2) is 5.82 Å². The molecule has 4 N–H and O–H groups in total. The molecule has 28 heavy (non-hydrogen) atoms. The maximum Gasteiger partial charge on any atom is 0.154 e. The molecule has 0 amide bonds. The normalized spacial score (nSPS) is 11.0. The number of methoxy groups -OCH3 is 1. The molecule has 2 aromatic heterocycles. The third kappa shape index (κ3) is 3.46. The number of H-pyrrole nitrogens is 1. The van der Waals surface area contributed by atoms with E-state index in [-0.39, 0.29) is 5.82 Å². The minimum atomic E-state index is -0.304. The number of ether oxygens (including phenoxy) is 1. The van der Waals surface area contributed by atoms with Crippen molar-refractivity contribution in [1.29, 1.82) is 0 Å². The van der Waals surface area contributed by atoms with Crippen LogP contribution in [0.1, 0.15) is 5.69 Å². The van der Waals surface area contributed by atoms with Crippen molar-refractivity contribution in [2.75, 3.05) is 17.6 Å². The molecule has 2 aromatic carbocycles. The maximum absolute atomic E-state index is 13.9. The largest absolute Gasteiger partial charge is 0.497 e. The van der Waals surface area contributed by atoms with Gasteiger partial charge in [0.1, 0.15) is 11.6 Å². The summed E-state index contributed by atoms with van der Waals surface area (Å²) in [4.78, 5) is 5.09. The summed E-state index contributed by atoms with van der Waals surface area (Å²) in [6, 6.07) is 14.3. The number of halogens is 1. The van der Waals surface area contributed by atoms with E-state index in [9.17, 15) is 4.39 Å². The van der Waals surface area contributed by atoms with Crippen LogP contribution in [0.25, 0.3) is 22.2 Å². The number of fused-ring (bicyclic) bond motifs is 1. The summed E-state index contributed by atoms with van der Waals surface area (Å²) in [5, 5.41) is 7.81. The number of aryl methyl sites for hydroxylation is 1. The van der Waals surface area contributed by atoms with Gasteiger partial charge in [-0.25, -0.2) is 4.39 Å². The van der Waals surface area contributed by atoms with Crippen LogP contribution < -0.4 is 15.2 Å². The number of nitrogens with one attached hydrogen (secondary N) is 2. The average Bonchev–Trinajstić information content (AvgIpc) is 3.09. The molecular formula is C20H18FN5OS. The molecule has 0 spiro atoms. The zero-order valence-electron chi connectivity index (χ0n) is 15.3. The first kappa shape index (κ1) is 18.1. The Kier molecular flexibility index (Phi) is 4.79. The molecule has 0 fully saturated rings. The lowest BCUT2D eigenvalue weighted by Crippen LogP contribution is -1.93. The van der Waals surface area contributed by atoms with Gasteiger partial charge in [0.25, 0.3) is 0 Å². The third-order valence-corrected chi connectivity index (χ3v) is 5.22. The van der Waals surface area contributed by atoms with Crippen LogP contribution in [0.2, 0.25) is 0 Å². The lowest BCUT2D eigenvalue weighted by atomic mass is 10.1. The molecule has 0 bridgehead atoms. The standard InChI is InChI=1S/C20H18FN5OS/c1-11-19-17(24-25-20(19)22)10-16(23-11)12-3-5-13(6-4-12)26-28-18-9-14(27-2)7-8-15(18)21/h3-10,26H,1-2H3,(H3,22,24,25). The number of anilines is 2. The summed E-state index contributed by atoms with van der Waals surface area (Å²) in [5.74, 6) is 0.756. The minimum absolute atomic E-state index is 0.304. The summed E-state index contributed by atoms with van der Waals surface area (Å²) < 4.78 is 22.2. The average molecular weight is 395 g/mol. The number of nitrogens with two attached hydrogens (primary N) is 1. The summed E-state index contributed by atoms with van der Waals surface area (Å²) in [5.41, 5.74) is 10.2.